The third-order valence-electron chi connectivity index (χ3n) is 2.14. The molecule has 0 fully saturated rings. The van der Waals surface area contributed by atoms with Gasteiger partial charge in [-0.05, 0) is 26.1 Å². The van der Waals surface area contributed by atoms with Crippen molar-refractivity contribution in [2.24, 2.45) is 0 Å². The number of phosphoric ester groups is 1. The van der Waals surface area contributed by atoms with E-state index in [0.29, 0.717) is 6.61 Å². The molecule has 104 valence electrons. The molecule has 0 aliphatic rings. The van der Waals surface area contributed by atoms with Gasteiger partial charge in [0.2, 0.25) is 0 Å². The molecule has 0 rings (SSSR count). The minimum atomic E-state index is -3.81. The minimum absolute atomic E-state index is 0.310. The Bertz CT molecular complexity index is 240. The van der Waals surface area contributed by atoms with Gasteiger partial charge in [0.1, 0.15) is 0 Å². The fourth-order valence-corrected chi connectivity index (χ4v) is 4.77. The number of hydrogen-bond donors (Lipinski definition) is 1. The van der Waals surface area contributed by atoms with E-state index in [9.17, 15) is 9.46 Å². The van der Waals surface area contributed by atoms with Crippen molar-refractivity contribution in [3.8, 4) is 0 Å². The van der Waals surface area contributed by atoms with Crippen LogP contribution in [-0.4, -0.2) is 19.8 Å². The Morgan fingerprint density at radius 1 is 1.06 bits per heavy atom. The van der Waals surface area contributed by atoms with Crippen molar-refractivity contribution >= 4 is 16.1 Å². The third-order valence-corrected chi connectivity index (χ3v) is 5.76. The van der Waals surface area contributed by atoms with Crippen LogP contribution in [0.2, 0.25) is 19.6 Å². The molecule has 4 nitrogen and oxygen atoms in total. The van der Waals surface area contributed by atoms with Crippen LogP contribution in [0.5, 0.6) is 0 Å². The van der Waals surface area contributed by atoms with Gasteiger partial charge in [0, 0.05) is 0 Å². The highest BCUT2D eigenvalue weighted by molar-refractivity contribution is 7.49. The van der Waals surface area contributed by atoms with Gasteiger partial charge in [0.05, 0.1) is 6.61 Å². The number of unbranched alkanes of at least 4 members (excludes halogenated alkanes) is 5. The lowest BCUT2D eigenvalue weighted by molar-refractivity contribution is 0.197. The zero-order valence-corrected chi connectivity index (χ0v) is 13.5. The van der Waals surface area contributed by atoms with Gasteiger partial charge in [0.15, 0.2) is 8.32 Å². The highest BCUT2D eigenvalue weighted by Crippen LogP contribution is 2.46. The second-order valence-corrected chi connectivity index (χ2v) is 11.4. The van der Waals surface area contributed by atoms with E-state index in [1.165, 1.54) is 25.7 Å². The maximum atomic E-state index is 11.5. The van der Waals surface area contributed by atoms with Crippen LogP contribution >= 0.6 is 7.82 Å². The van der Waals surface area contributed by atoms with Gasteiger partial charge in [-0.2, -0.15) is 0 Å². The van der Waals surface area contributed by atoms with Crippen LogP contribution in [0.4, 0.5) is 0 Å². The normalized spacial score (nSPS) is 15.8. The highest BCUT2D eigenvalue weighted by Gasteiger charge is 2.29. The first kappa shape index (κ1) is 17.3. The molecule has 0 radical (unpaired) electrons. The fraction of sp³-hybridized carbons (Fsp3) is 1.00. The molecule has 17 heavy (non-hydrogen) atoms. The molecule has 1 unspecified atom stereocenters. The van der Waals surface area contributed by atoms with Crippen molar-refractivity contribution < 1.29 is 18.2 Å². The van der Waals surface area contributed by atoms with Crippen molar-refractivity contribution in [3.63, 3.8) is 0 Å². The molecule has 0 saturated heterocycles. The molecule has 0 spiro atoms. The van der Waals surface area contributed by atoms with Crippen LogP contribution in [0.3, 0.4) is 0 Å². The first-order chi connectivity index (χ1) is 7.77. The molecule has 0 aliphatic heterocycles. The molecular weight excluding hydrogens is 255 g/mol. The van der Waals surface area contributed by atoms with Crippen molar-refractivity contribution in [3.05, 3.63) is 0 Å². The standard InChI is InChI=1S/C11H27O4PSi/c1-5-6-7-8-9-10-11-14-16(12,13)15-17(2,3)4/h5-11H2,1-4H3,(H,12,13). The summed E-state index contributed by atoms with van der Waals surface area (Å²) in [5.41, 5.74) is 0. The monoisotopic (exact) mass is 282 g/mol. The quantitative estimate of drug-likeness (QED) is 0.368. The summed E-state index contributed by atoms with van der Waals surface area (Å²) in [4.78, 5) is 9.44. The average molecular weight is 282 g/mol. The summed E-state index contributed by atoms with van der Waals surface area (Å²) in [5.74, 6) is 0. The van der Waals surface area contributed by atoms with Crippen LogP contribution in [0, 0.1) is 0 Å². The van der Waals surface area contributed by atoms with Gasteiger partial charge < -0.3 is 9.11 Å². The smallest absolute Gasteiger partial charge is 0.330 e. The molecule has 1 atom stereocenters. The van der Waals surface area contributed by atoms with Gasteiger partial charge in [-0.3, -0.25) is 4.52 Å². The molecular formula is C11H27O4PSi. The van der Waals surface area contributed by atoms with E-state index in [2.05, 4.69) is 6.92 Å². The van der Waals surface area contributed by atoms with Crippen molar-refractivity contribution in [1.29, 1.82) is 0 Å². The van der Waals surface area contributed by atoms with Crippen molar-refractivity contribution in [2.75, 3.05) is 6.61 Å². The molecule has 0 aromatic heterocycles. The lowest BCUT2D eigenvalue weighted by Gasteiger charge is -2.21. The van der Waals surface area contributed by atoms with Crippen molar-refractivity contribution in [2.45, 2.75) is 65.1 Å². The Kier molecular flexibility index (Phi) is 8.59. The van der Waals surface area contributed by atoms with Gasteiger partial charge in [-0.1, -0.05) is 39.0 Å². The lowest BCUT2D eigenvalue weighted by atomic mass is 10.1. The van der Waals surface area contributed by atoms with Crippen LogP contribution in [0.25, 0.3) is 0 Å². The van der Waals surface area contributed by atoms with Gasteiger partial charge in [-0.15, -0.1) is 0 Å². The second-order valence-electron chi connectivity index (χ2n) is 5.27. The Morgan fingerprint density at radius 2 is 1.59 bits per heavy atom. The SMILES string of the molecule is CCCCCCCCOP(=O)(O)O[Si](C)(C)C. The largest absolute Gasteiger partial charge is 0.462 e. The summed E-state index contributed by atoms with van der Waals surface area (Å²) in [6, 6.07) is 0. The predicted molar refractivity (Wildman–Crippen MR) is 73.6 cm³/mol. The molecule has 6 heteroatoms. The molecule has 1 N–H and O–H groups in total. The fourth-order valence-electron chi connectivity index (χ4n) is 1.43. The molecule has 0 saturated carbocycles. The van der Waals surface area contributed by atoms with Crippen molar-refractivity contribution in [1.82, 2.24) is 0 Å². The van der Waals surface area contributed by atoms with Crippen LogP contribution in [-0.2, 0) is 13.3 Å². The van der Waals surface area contributed by atoms with Gasteiger partial charge in [0.25, 0.3) is 0 Å². The summed E-state index contributed by atoms with van der Waals surface area (Å²) >= 11 is 0. The molecule has 0 aromatic rings. The van der Waals surface area contributed by atoms with Gasteiger partial charge in [-0.25, -0.2) is 4.57 Å². The Balaban J connectivity index is 3.56. The summed E-state index contributed by atoms with van der Waals surface area (Å²) < 4.78 is 21.5. The molecule has 0 amide bonds. The van der Waals surface area contributed by atoms with E-state index < -0.39 is 16.1 Å². The highest BCUT2D eigenvalue weighted by atomic mass is 31.2. The van der Waals surface area contributed by atoms with Gasteiger partial charge >= 0.3 is 7.82 Å². The predicted octanol–water partition coefficient (Wildman–Crippen LogP) is 4.32. The Morgan fingerprint density at radius 3 is 2.12 bits per heavy atom. The van der Waals surface area contributed by atoms with Crippen LogP contribution in [0.15, 0.2) is 0 Å². The Hall–Kier alpha value is 0.327. The number of phosphoric acid groups is 1. The zero-order valence-electron chi connectivity index (χ0n) is 11.6. The first-order valence-electron chi connectivity index (χ1n) is 6.45. The second kappa shape index (κ2) is 8.43. The maximum Gasteiger partial charge on any atom is 0.462 e. The topological polar surface area (TPSA) is 55.8 Å². The maximum absolute atomic E-state index is 11.5. The Labute approximate surface area is 106 Å². The molecule has 0 heterocycles. The number of hydrogen-bond acceptors (Lipinski definition) is 3. The van der Waals surface area contributed by atoms with Crippen LogP contribution < -0.4 is 0 Å². The van der Waals surface area contributed by atoms with E-state index in [-0.39, 0.29) is 0 Å². The van der Waals surface area contributed by atoms with Crippen LogP contribution in [0.1, 0.15) is 45.4 Å². The molecule has 0 aromatic carbocycles. The molecule has 0 bridgehead atoms. The van der Waals surface area contributed by atoms with E-state index in [0.717, 1.165) is 12.8 Å². The summed E-state index contributed by atoms with van der Waals surface area (Å²) in [6.45, 7) is 8.08. The van der Waals surface area contributed by atoms with E-state index in [4.69, 9.17) is 8.74 Å². The summed E-state index contributed by atoms with van der Waals surface area (Å²) in [7, 11) is -5.83. The number of rotatable bonds is 10. The minimum Gasteiger partial charge on any atom is -0.330 e. The third kappa shape index (κ3) is 12.6. The van der Waals surface area contributed by atoms with E-state index >= 15 is 0 Å². The summed E-state index contributed by atoms with van der Waals surface area (Å²) in [6.07, 6.45) is 6.77. The van der Waals surface area contributed by atoms with E-state index in [1.807, 2.05) is 19.6 Å². The summed E-state index contributed by atoms with van der Waals surface area (Å²) in [5, 5.41) is 0. The first-order valence-corrected chi connectivity index (χ1v) is 11.4. The molecule has 0 aliphatic carbocycles. The zero-order chi connectivity index (χ0) is 13.4. The van der Waals surface area contributed by atoms with E-state index in [1.54, 1.807) is 0 Å². The average Bonchev–Trinajstić information content (AvgIpc) is 2.12. The lowest BCUT2D eigenvalue weighted by Crippen LogP contribution is -2.24.